The Hall–Kier alpha value is -3.17. The van der Waals surface area contributed by atoms with Crippen molar-refractivity contribution >= 4 is 23.3 Å². The number of anilines is 2. The second-order valence-electron chi connectivity index (χ2n) is 8.51. The average Bonchev–Trinajstić information content (AvgIpc) is 3.17. The lowest BCUT2D eigenvalue weighted by molar-refractivity contribution is -0.117. The molecule has 170 valence electrons. The van der Waals surface area contributed by atoms with Crippen LogP contribution in [0.15, 0.2) is 12.1 Å². The number of nitrogens with zero attached hydrogens (tertiary/aromatic N) is 3. The maximum atomic E-state index is 13.4. The largest absolute Gasteiger partial charge is 0.349 e. The Balaban J connectivity index is 1.41. The van der Waals surface area contributed by atoms with Gasteiger partial charge < -0.3 is 15.5 Å². The molecule has 32 heavy (non-hydrogen) atoms. The molecule has 3 atom stereocenters. The number of amides is 2. The minimum Gasteiger partial charge on any atom is -0.349 e. The molecule has 2 amide bonds. The second kappa shape index (κ2) is 8.40. The molecule has 1 aromatic carbocycles. The number of carbonyl (C=O) groups is 2. The molecule has 1 aliphatic carbocycles. The number of halogens is 3. The van der Waals surface area contributed by atoms with Gasteiger partial charge in [0.2, 0.25) is 5.91 Å². The van der Waals surface area contributed by atoms with Crippen molar-refractivity contribution in [2.24, 2.45) is 5.92 Å². The second-order valence-corrected chi connectivity index (χ2v) is 8.51. The van der Waals surface area contributed by atoms with Gasteiger partial charge in [0.05, 0.1) is 5.69 Å². The summed E-state index contributed by atoms with van der Waals surface area (Å²) in [6.07, 6.45) is 2.82. The van der Waals surface area contributed by atoms with E-state index in [0.717, 1.165) is 6.42 Å². The molecule has 1 saturated carbocycles. The molecule has 0 bridgehead atoms. The minimum absolute atomic E-state index is 0.102. The molecule has 2 N–H and O–H groups in total. The van der Waals surface area contributed by atoms with Crippen LogP contribution < -0.4 is 15.5 Å². The maximum Gasteiger partial charge on any atom is 0.251 e. The first-order valence-corrected chi connectivity index (χ1v) is 10.5. The van der Waals surface area contributed by atoms with E-state index in [4.69, 9.17) is 0 Å². The number of aryl methyl sites for hydroxylation is 1. The number of likely N-dealkylation sites (N-methyl/N-ethyl adjacent to an activating group) is 1. The van der Waals surface area contributed by atoms with Crippen molar-refractivity contribution in [2.45, 2.75) is 51.6 Å². The summed E-state index contributed by atoms with van der Waals surface area (Å²) >= 11 is 0. The first-order chi connectivity index (χ1) is 15.1. The van der Waals surface area contributed by atoms with Crippen molar-refractivity contribution in [2.75, 3.05) is 17.3 Å². The van der Waals surface area contributed by atoms with Gasteiger partial charge in [0.1, 0.15) is 17.6 Å². The molecule has 0 saturated heterocycles. The fourth-order valence-corrected chi connectivity index (χ4v) is 4.30. The van der Waals surface area contributed by atoms with Crippen molar-refractivity contribution in [1.82, 2.24) is 15.3 Å². The third kappa shape index (κ3) is 4.13. The fourth-order valence-electron chi connectivity index (χ4n) is 4.30. The number of carbonyl (C=O) groups excluding carboxylic acids is 2. The highest BCUT2D eigenvalue weighted by molar-refractivity contribution is 6.02. The minimum atomic E-state index is -1.59. The van der Waals surface area contributed by atoms with Crippen molar-refractivity contribution in [3.8, 4) is 0 Å². The van der Waals surface area contributed by atoms with Gasteiger partial charge >= 0.3 is 0 Å². The van der Waals surface area contributed by atoms with E-state index in [1.807, 2.05) is 18.9 Å². The van der Waals surface area contributed by atoms with Crippen LogP contribution in [0.25, 0.3) is 0 Å². The highest BCUT2D eigenvalue weighted by Crippen LogP contribution is 2.33. The van der Waals surface area contributed by atoms with Crippen LogP contribution >= 0.6 is 0 Å². The summed E-state index contributed by atoms with van der Waals surface area (Å²) in [7, 11) is 1.82. The van der Waals surface area contributed by atoms with E-state index in [2.05, 4.69) is 20.6 Å². The highest BCUT2D eigenvalue weighted by Gasteiger charge is 2.32. The number of fused-ring (bicyclic) bond motifs is 1. The molecular formula is C22H24F3N5O2. The van der Waals surface area contributed by atoms with Crippen LogP contribution in [-0.2, 0) is 11.2 Å². The molecule has 10 heteroatoms. The van der Waals surface area contributed by atoms with Gasteiger partial charge in [0.25, 0.3) is 5.91 Å². The third-order valence-corrected chi connectivity index (χ3v) is 6.25. The molecule has 0 radical (unpaired) electrons. The van der Waals surface area contributed by atoms with Crippen LogP contribution in [0, 0.1) is 30.3 Å². The lowest BCUT2D eigenvalue weighted by Crippen LogP contribution is -2.45. The lowest BCUT2D eigenvalue weighted by Gasteiger charge is -2.32. The Morgan fingerprint density at radius 3 is 2.59 bits per heavy atom. The van der Waals surface area contributed by atoms with Gasteiger partial charge in [0.15, 0.2) is 23.3 Å². The number of rotatable bonds is 4. The van der Waals surface area contributed by atoms with Gasteiger partial charge in [-0.25, -0.2) is 23.1 Å². The third-order valence-electron chi connectivity index (χ3n) is 6.25. The predicted molar refractivity (Wildman–Crippen MR) is 112 cm³/mol. The number of aromatic nitrogens is 2. The maximum absolute atomic E-state index is 13.4. The summed E-state index contributed by atoms with van der Waals surface area (Å²) in [4.78, 5) is 35.4. The van der Waals surface area contributed by atoms with Crippen molar-refractivity contribution < 1.29 is 22.8 Å². The van der Waals surface area contributed by atoms with E-state index in [1.54, 1.807) is 6.92 Å². The Morgan fingerprint density at radius 1 is 1.22 bits per heavy atom. The Kier molecular flexibility index (Phi) is 5.79. The molecule has 1 aromatic heterocycles. The van der Waals surface area contributed by atoms with Crippen LogP contribution in [0.5, 0.6) is 0 Å². The van der Waals surface area contributed by atoms with Crippen LogP contribution in [-0.4, -0.2) is 40.9 Å². The van der Waals surface area contributed by atoms with Crippen molar-refractivity contribution in [3.05, 3.63) is 46.7 Å². The molecule has 2 aromatic rings. The van der Waals surface area contributed by atoms with Crippen LogP contribution in [0.1, 0.15) is 48.1 Å². The molecule has 7 nitrogen and oxygen atoms in total. The summed E-state index contributed by atoms with van der Waals surface area (Å²) in [5.74, 6) is -3.55. The normalized spacial score (nSPS) is 22.5. The number of hydrogen-bond donors (Lipinski definition) is 2. The Labute approximate surface area is 183 Å². The molecule has 0 unspecified atom stereocenters. The Bertz CT molecular complexity index is 1070. The fraction of sp³-hybridized carbons (Fsp3) is 0.455. The number of hydrogen-bond acceptors (Lipinski definition) is 5. The summed E-state index contributed by atoms with van der Waals surface area (Å²) in [6.45, 7) is 3.63. The van der Waals surface area contributed by atoms with Crippen LogP contribution in [0.3, 0.4) is 0 Å². The molecule has 1 fully saturated rings. The van der Waals surface area contributed by atoms with Gasteiger partial charge in [-0.05, 0) is 51.2 Å². The highest BCUT2D eigenvalue weighted by atomic mass is 19.2. The zero-order valence-electron chi connectivity index (χ0n) is 18.0. The monoisotopic (exact) mass is 447 g/mol. The molecule has 2 aliphatic rings. The van der Waals surface area contributed by atoms with E-state index in [1.165, 1.54) is 0 Å². The first-order valence-electron chi connectivity index (χ1n) is 10.5. The first kappa shape index (κ1) is 22.0. The van der Waals surface area contributed by atoms with Crippen LogP contribution in [0.4, 0.5) is 24.7 Å². The average molecular weight is 447 g/mol. The zero-order valence-corrected chi connectivity index (χ0v) is 18.0. The topological polar surface area (TPSA) is 87.2 Å². The van der Waals surface area contributed by atoms with E-state index in [9.17, 15) is 22.8 Å². The quantitative estimate of drug-likeness (QED) is 0.704. The number of nitrogens with one attached hydrogen (secondary N) is 2. The van der Waals surface area contributed by atoms with Gasteiger partial charge in [-0.15, -0.1) is 0 Å². The van der Waals surface area contributed by atoms with Crippen molar-refractivity contribution in [3.63, 3.8) is 0 Å². The van der Waals surface area contributed by atoms with E-state index >= 15 is 0 Å². The molecule has 0 spiro atoms. The summed E-state index contributed by atoms with van der Waals surface area (Å²) in [5, 5.41) is 5.63. The summed E-state index contributed by atoms with van der Waals surface area (Å²) < 4.78 is 39.9. The van der Waals surface area contributed by atoms with Crippen LogP contribution in [0.2, 0.25) is 0 Å². The number of benzene rings is 1. The summed E-state index contributed by atoms with van der Waals surface area (Å²) in [5.41, 5.74) is 1.06. The summed E-state index contributed by atoms with van der Waals surface area (Å²) in [6, 6.07) is 0.890. The van der Waals surface area contributed by atoms with E-state index in [-0.39, 0.29) is 29.5 Å². The van der Waals surface area contributed by atoms with E-state index in [0.29, 0.717) is 54.4 Å². The van der Waals surface area contributed by atoms with Gasteiger partial charge in [-0.2, -0.15) is 0 Å². The van der Waals surface area contributed by atoms with Gasteiger partial charge in [-0.1, -0.05) is 0 Å². The molecule has 1 aliphatic heterocycles. The standard InChI is InChI=1S/C22H24F3N5O2/c1-10-19-20(30(3)11(2)21(31)29-19)28-17(26-10)7-12-4-5-14(6-12)27-22(32)13-8-15(23)18(25)16(24)9-13/h8-9,11-12,14H,4-7H2,1-3H3,(H,27,32)(H,29,31)/t11-,12-,14+/m0/s1. The Morgan fingerprint density at radius 2 is 1.91 bits per heavy atom. The van der Waals surface area contributed by atoms with Gasteiger partial charge in [0, 0.05) is 25.1 Å². The van der Waals surface area contributed by atoms with Gasteiger partial charge in [-0.3, -0.25) is 9.59 Å². The SMILES string of the molecule is Cc1nc(C[C@H]2CC[C@@H](NC(=O)c3cc(F)c(F)c(F)c3)C2)nc2c1NC(=O)[C@H](C)N2C. The molecule has 4 rings (SSSR count). The lowest BCUT2D eigenvalue weighted by atomic mass is 10.0. The molecular weight excluding hydrogens is 423 g/mol. The predicted octanol–water partition coefficient (Wildman–Crippen LogP) is 3.12. The smallest absolute Gasteiger partial charge is 0.251 e. The zero-order chi connectivity index (χ0) is 23.2. The van der Waals surface area contributed by atoms with Crippen molar-refractivity contribution in [1.29, 1.82) is 0 Å². The molecule has 2 heterocycles. The van der Waals surface area contributed by atoms with E-state index < -0.39 is 23.4 Å².